The number of hydrogen-bond acceptors (Lipinski definition) is 5. The molecule has 0 spiro atoms. The van der Waals surface area contributed by atoms with Crippen LogP contribution in [0.1, 0.15) is 25.3 Å². The van der Waals surface area contributed by atoms with Crippen LogP contribution in [-0.4, -0.2) is 33.5 Å². The molecule has 0 bridgehead atoms. The molecule has 0 aliphatic rings. The highest BCUT2D eigenvalue weighted by Gasteiger charge is 2.15. The zero-order valence-electron chi connectivity index (χ0n) is 17.5. The molecule has 0 aliphatic heterocycles. The molecule has 1 aromatic heterocycles. The molecule has 0 unspecified atom stereocenters. The maximum absolute atomic E-state index is 12.3. The summed E-state index contributed by atoms with van der Waals surface area (Å²) in [5.41, 5.74) is 2.99. The minimum Gasteiger partial charge on any atom is -0.497 e. The van der Waals surface area contributed by atoms with Crippen molar-refractivity contribution in [1.82, 2.24) is 14.8 Å². The average molecular weight is 423 g/mol. The maximum atomic E-state index is 12.3. The zero-order chi connectivity index (χ0) is 21.5. The van der Waals surface area contributed by atoms with Crippen molar-refractivity contribution >= 4 is 23.4 Å². The second-order valence-corrected chi connectivity index (χ2v) is 7.99. The van der Waals surface area contributed by atoms with Crippen LogP contribution in [0.3, 0.4) is 0 Å². The lowest BCUT2D eigenvalue weighted by atomic mass is 10.0. The molecule has 0 atom stereocenters. The summed E-state index contributed by atoms with van der Waals surface area (Å²) < 4.78 is 7.10. The zero-order valence-corrected chi connectivity index (χ0v) is 18.3. The van der Waals surface area contributed by atoms with Crippen molar-refractivity contribution in [2.24, 2.45) is 0 Å². The Kier molecular flexibility index (Phi) is 7.30. The highest BCUT2D eigenvalue weighted by atomic mass is 32.2. The van der Waals surface area contributed by atoms with Crippen LogP contribution in [-0.2, 0) is 11.3 Å². The largest absolute Gasteiger partial charge is 0.497 e. The van der Waals surface area contributed by atoms with Crippen molar-refractivity contribution in [1.29, 1.82) is 0 Å². The third-order valence-electron chi connectivity index (χ3n) is 4.57. The Morgan fingerprint density at radius 2 is 1.87 bits per heavy atom. The number of rotatable bonds is 9. The quantitative estimate of drug-likeness (QED) is 0.388. The summed E-state index contributed by atoms with van der Waals surface area (Å²) in [5.74, 6) is 2.10. The highest BCUT2D eigenvalue weighted by molar-refractivity contribution is 7.99. The van der Waals surface area contributed by atoms with Gasteiger partial charge in [-0.05, 0) is 35.7 Å². The molecule has 2 aromatic carbocycles. The molecule has 1 N–H and O–H groups in total. The number of benzene rings is 2. The van der Waals surface area contributed by atoms with Gasteiger partial charge in [-0.3, -0.25) is 9.36 Å². The number of allylic oxidation sites excluding steroid dienone is 1. The van der Waals surface area contributed by atoms with Gasteiger partial charge in [-0.15, -0.1) is 16.8 Å². The Balaban J connectivity index is 1.69. The van der Waals surface area contributed by atoms with E-state index in [0.29, 0.717) is 17.6 Å². The number of aromatic nitrogens is 3. The smallest absolute Gasteiger partial charge is 0.234 e. The van der Waals surface area contributed by atoms with E-state index in [0.717, 1.165) is 22.8 Å². The van der Waals surface area contributed by atoms with Crippen LogP contribution in [0.2, 0.25) is 0 Å². The SMILES string of the molecule is C=CCn1c(SCC(=O)Nc2ccc(OC)cc2)nnc1-c1ccc(C(C)C)cc1. The Labute approximate surface area is 181 Å². The lowest BCUT2D eigenvalue weighted by Crippen LogP contribution is -2.14. The Morgan fingerprint density at radius 1 is 1.17 bits per heavy atom. The second-order valence-electron chi connectivity index (χ2n) is 7.05. The van der Waals surface area contributed by atoms with Crippen molar-refractivity contribution in [3.63, 3.8) is 0 Å². The summed E-state index contributed by atoms with van der Waals surface area (Å²) in [5, 5.41) is 12.2. The van der Waals surface area contributed by atoms with Gasteiger partial charge in [-0.2, -0.15) is 0 Å². The van der Waals surface area contributed by atoms with E-state index >= 15 is 0 Å². The molecule has 3 rings (SSSR count). The predicted octanol–water partition coefficient (Wildman–Crippen LogP) is 4.99. The number of hydrogen-bond donors (Lipinski definition) is 1. The van der Waals surface area contributed by atoms with E-state index in [1.165, 1.54) is 17.3 Å². The van der Waals surface area contributed by atoms with E-state index in [1.54, 1.807) is 37.5 Å². The number of thioether (sulfide) groups is 1. The van der Waals surface area contributed by atoms with Gasteiger partial charge in [0.25, 0.3) is 0 Å². The molecule has 156 valence electrons. The van der Waals surface area contributed by atoms with E-state index in [-0.39, 0.29) is 11.7 Å². The fourth-order valence-corrected chi connectivity index (χ4v) is 3.67. The minimum absolute atomic E-state index is 0.110. The lowest BCUT2D eigenvalue weighted by Gasteiger charge is -2.10. The summed E-state index contributed by atoms with van der Waals surface area (Å²) in [6.07, 6.45) is 1.80. The summed E-state index contributed by atoms with van der Waals surface area (Å²) in [6.45, 7) is 8.74. The fourth-order valence-electron chi connectivity index (χ4n) is 2.92. The number of ether oxygens (including phenoxy) is 1. The van der Waals surface area contributed by atoms with Crippen LogP contribution >= 0.6 is 11.8 Å². The van der Waals surface area contributed by atoms with Crippen LogP contribution in [0, 0.1) is 0 Å². The highest BCUT2D eigenvalue weighted by Crippen LogP contribution is 2.26. The number of anilines is 1. The third-order valence-corrected chi connectivity index (χ3v) is 5.54. The standard InChI is InChI=1S/C23H26N4O2S/c1-5-14-27-22(18-8-6-17(7-9-18)16(2)3)25-26-23(27)30-15-21(28)24-19-10-12-20(29-4)13-11-19/h5-13,16H,1,14-15H2,2-4H3,(H,24,28). The Morgan fingerprint density at radius 3 is 2.47 bits per heavy atom. The van der Waals surface area contributed by atoms with Crippen molar-refractivity contribution in [3.05, 3.63) is 66.7 Å². The first-order chi connectivity index (χ1) is 14.5. The monoisotopic (exact) mass is 422 g/mol. The first-order valence-corrected chi connectivity index (χ1v) is 10.7. The molecular formula is C23H26N4O2S. The van der Waals surface area contributed by atoms with Gasteiger partial charge in [-0.25, -0.2) is 0 Å². The molecule has 1 heterocycles. The van der Waals surface area contributed by atoms with Gasteiger partial charge in [0.2, 0.25) is 5.91 Å². The first-order valence-electron chi connectivity index (χ1n) is 9.73. The van der Waals surface area contributed by atoms with Gasteiger partial charge >= 0.3 is 0 Å². The molecule has 6 nitrogen and oxygen atoms in total. The number of carbonyl (C=O) groups excluding carboxylic acids is 1. The summed E-state index contributed by atoms with van der Waals surface area (Å²) >= 11 is 1.35. The van der Waals surface area contributed by atoms with Gasteiger partial charge < -0.3 is 10.1 Å². The summed E-state index contributed by atoms with van der Waals surface area (Å²) in [7, 11) is 1.61. The van der Waals surface area contributed by atoms with Crippen molar-refractivity contribution in [2.75, 3.05) is 18.2 Å². The normalized spacial score (nSPS) is 10.8. The molecule has 7 heteroatoms. The van der Waals surface area contributed by atoms with E-state index in [1.807, 2.05) is 4.57 Å². The number of amides is 1. The van der Waals surface area contributed by atoms with Crippen LogP contribution in [0.5, 0.6) is 5.75 Å². The van der Waals surface area contributed by atoms with E-state index in [2.05, 4.69) is 60.2 Å². The number of nitrogens with one attached hydrogen (secondary N) is 1. The Bertz CT molecular complexity index is 995. The van der Waals surface area contributed by atoms with Crippen LogP contribution in [0.25, 0.3) is 11.4 Å². The number of nitrogens with zero attached hydrogens (tertiary/aromatic N) is 3. The van der Waals surface area contributed by atoms with Gasteiger partial charge in [0.1, 0.15) is 5.75 Å². The first kappa shape index (κ1) is 21.6. The third kappa shape index (κ3) is 5.30. The summed E-state index contributed by atoms with van der Waals surface area (Å²) in [4.78, 5) is 12.3. The molecule has 1 amide bonds. The van der Waals surface area contributed by atoms with Crippen molar-refractivity contribution in [3.8, 4) is 17.1 Å². The predicted molar refractivity (Wildman–Crippen MR) is 122 cm³/mol. The molecule has 30 heavy (non-hydrogen) atoms. The molecule has 0 saturated carbocycles. The maximum Gasteiger partial charge on any atom is 0.234 e. The van der Waals surface area contributed by atoms with Gasteiger partial charge in [0.05, 0.1) is 12.9 Å². The van der Waals surface area contributed by atoms with E-state index in [4.69, 9.17) is 4.74 Å². The average Bonchev–Trinajstić information content (AvgIpc) is 3.15. The van der Waals surface area contributed by atoms with Crippen molar-refractivity contribution < 1.29 is 9.53 Å². The lowest BCUT2D eigenvalue weighted by molar-refractivity contribution is -0.113. The van der Waals surface area contributed by atoms with Crippen molar-refractivity contribution in [2.45, 2.75) is 31.5 Å². The fraction of sp³-hybridized carbons (Fsp3) is 0.261. The van der Waals surface area contributed by atoms with E-state index in [9.17, 15) is 4.79 Å². The van der Waals surface area contributed by atoms with E-state index < -0.39 is 0 Å². The van der Waals surface area contributed by atoms with Crippen LogP contribution in [0.15, 0.2) is 66.3 Å². The molecular weight excluding hydrogens is 396 g/mol. The topological polar surface area (TPSA) is 69.0 Å². The van der Waals surface area contributed by atoms with Gasteiger partial charge in [0, 0.05) is 17.8 Å². The van der Waals surface area contributed by atoms with Crippen LogP contribution < -0.4 is 10.1 Å². The second kappa shape index (κ2) is 10.1. The summed E-state index contributed by atoms with van der Waals surface area (Å²) in [6, 6.07) is 15.6. The molecule has 0 fully saturated rings. The molecule has 3 aromatic rings. The minimum atomic E-state index is -0.110. The van der Waals surface area contributed by atoms with Gasteiger partial charge in [-0.1, -0.05) is 56.0 Å². The molecule has 0 aliphatic carbocycles. The molecule has 0 radical (unpaired) electrons. The van der Waals surface area contributed by atoms with Gasteiger partial charge in [0.15, 0.2) is 11.0 Å². The number of carbonyl (C=O) groups is 1. The van der Waals surface area contributed by atoms with Crippen LogP contribution in [0.4, 0.5) is 5.69 Å². The number of methoxy groups -OCH3 is 1. The molecule has 0 saturated heterocycles. The Hall–Kier alpha value is -3.06.